The minimum Gasteiger partial charge on any atom is -0.496 e. The van der Waals surface area contributed by atoms with Gasteiger partial charge in [-0.15, -0.1) is 0 Å². The smallest absolute Gasteiger partial charge is 0.263 e. The van der Waals surface area contributed by atoms with E-state index in [-0.39, 0.29) is 5.56 Å². The zero-order valence-electron chi connectivity index (χ0n) is 11.5. The molecule has 0 unspecified atom stereocenters. The summed E-state index contributed by atoms with van der Waals surface area (Å²) >= 11 is 0. The summed E-state index contributed by atoms with van der Waals surface area (Å²) in [6, 6.07) is 12.2. The minimum absolute atomic E-state index is 0.0500. The lowest BCUT2D eigenvalue weighted by molar-refractivity contribution is 0.151. The fraction of sp³-hybridized carbons (Fsp3) is 0.250. The first-order chi connectivity index (χ1) is 9.60. The standard InChI is InChI=1S/C16H17F2NO/c1-11-9-14(7-8-15(11)20-2)19-10-12-3-5-13(6-4-12)16(17)18/h3-9,16,19H,10H2,1-2H3. The van der Waals surface area contributed by atoms with Crippen molar-refractivity contribution < 1.29 is 13.5 Å². The lowest BCUT2D eigenvalue weighted by Gasteiger charge is -2.10. The summed E-state index contributed by atoms with van der Waals surface area (Å²) in [5, 5.41) is 3.26. The molecule has 4 heteroatoms. The Balaban J connectivity index is 1.99. The largest absolute Gasteiger partial charge is 0.496 e. The van der Waals surface area contributed by atoms with Gasteiger partial charge in [0.2, 0.25) is 0 Å². The molecule has 0 aliphatic rings. The molecule has 2 aromatic carbocycles. The van der Waals surface area contributed by atoms with Gasteiger partial charge < -0.3 is 10.1 Å². The van der Waals surface area contributed by atoms with Gasteiger partial charge in [0.1, 0.15) is 5.75 Å². The van der Waals surface area contributed by atoms with Crippen molar-refractivity contribution in [2.24, 2.45) is 0 Å². The van der Waals surface area contributed by atoms with E-state index in [1.54, 1.807) is 19.2 Å². The van der Waals surface area contributed by atoms with Crippen molar-refractivity contribution in [3.63, 3.8) is 0 Å². The Morgan fingerprint density at radius 1 is 1.10 bits per heavy atom. The molecule has 0 spiro atoms. The molecule has 20 heavy (non-hydrogen) atoms. The van der Waals surface area contributed by atoms with Gasteiger partial charge in [0.25, 0.3) is 6.43 Å². The Labute approximate surface area is 117 Å². The number of methoxy groups -OCH3 is 1. The van der Waals surface area contributed by atoms with E-state index in [4.69, 9.17) is 4.74 Å². The summed E-state index contributed by atoms with van der Waals surface area (Å²) in [6.07, 6.45) is -2.42. The normalized spacial score (nSPS) is 10.7. The van der Waals surface area contributed by atoms with Crippen LogP contribution < -0.4 is 10.1 Å². The van der Waals surface area contributed by atoms with Crippen LogP contribution in [0.15, 0.2) is 42.5 Å². The average molecular weight is 277 g/mol. The van der Waals surface area contributed by atoms with Gasteiger partial charge in [-0.3, -0.25) is 0 Å². The van der Waals surface area contributed by atoms with Gasteiger partial charge in [0, 0.05) is 17.8 Å². The first-order valence-electron chi connectivity index (χ1n) is 6.35. The van der Waals surface area contributed by atoms with Gasteiger partial charge in [-0.05, 0) is 36.2 Å². The molecule has 0 radical (unpaired) electrons. The Morgan fingerprint density at radius 3 is 2.35 bits per heavy atom. The van der Waals surface area contributed by atoms with Crippen molar-refractivity contribution in [1.29, 1.82) is 0 Å². The topological polar surface area (TPSA) is 21.3 Å². The molecule has 0 atom stereocenters. The fourth-order valence-electron chi connectivity index (χ4n) is 1.97. The molecule has 0 aliphatic carbocycles. The Hall–Kier alpha value is -2.10. The van der Waals surface area contributed by atoms with E-state index >= 15 is 0 Å². The summed E-state index contributed by atoms with van der Waals surface area (Å²) in [4.78, 5) is 0. The first-order valence-corrected chi connectivity index (χ1v) is 6.35. The highest BCUT2D eigenvalue weighted by Gasteiger charge is 2.05. The molecule has 0 amide bonds. The molecule has 0 fully saturated rings. The SMILES string of the molecule is COc1ccc(NCc2ccc(C(F)F)cc2)cc1C. The van der Waals surface area contributed by atoms with Crippen LogP contribution in [0.25, 0.3) is 0 Å². The van der Waals surface area contributed by atoms with Crippen LogP contribution in [-0.4, -0.2) is 7.11 Å². The lowest BCUT2D eigenvalue weighted by atomic mass is 10.1. The van der Waals surface area contributed by atoms with Crippen molar-refractivity contribution in [3.8, 4) is 5.75 Å². The van der Waals surface area contributed by atoms with Gasteiger partial charge >= 0.3 is 0 Å². The summed E-state index contributed by atoms with van der Waals surface area (Å²) in [5.41, 5.74) is 3.03. The number of benzene rings is 2. The highest BCUT2D eigenvalue weighted by atomic mass is 19.3. The van der Waals surface area contributed by atoms with Gasteiger partial charge in [-0.1, -0.05) is 24.3 Å². The fourth-order valence-corrected chi connectivity index (χ4v) is 1.97. The number of anilines is 1. The van der Waals surface area contributed by atoms with E-state index in [2.05, 4.69) is 5.32 Å². The zero-order valence-corrected chi connectivity index (χ0v) is 11.5. The third kappa shape index (κ3) is 3.47. The summed E-state index contributed by atoms with van der Waals surface area (Å²) in [5.74, 6) is 0.844. The van der Waals surface area contributed by atoms with Crippen LogP contribution in [0.2, 0.25) is 0 Å². The average Bonchev–Trinajstić information content (AvgIpc) is 2.45. The quantitative estimate of drug-likeness (QED) is 0.865. The van der Waals surface area contributed by atoms with Crippen molar-refractivity contribution in [2.45, 2.75) is 19.9 Å². The maximum absolute atomic E-state index is 12.4. The summed E-state index contributed by atoms with van der Waals surface area (Å²) in [7, 11) is 1.64. The molecule has 0 saturated carbocycles. The number of halogens is 2. The minimum atomic E-state index is -2.42. The van der Waals surface area contributed by atoms with Crippen molar-refractivity contribution >= 4 is 5.69 Å². The Bertz CT molecular complexity index is 567. The second-order valence-corrected chi connectivity index (χ2v) is 4.58. The van der Waals surface area contributed by atoms with Gasteiger partial charge in [-0.25, -0.2) is 8.78 Å². The van der Waals surface area contributed by atoms with E-state index in [1.165, 1.54) is 12.1 Å². The summed E-state index contributed by atoms with van der Waals surface area (Å²) in [6.45, 7) is 2.57. The molecule has 2 aromatic rings. The Kier molecular flexibility index (Phi) is 4.56. The number of hydrogen-bond acceptors (Lipinski definition) is 2. The van der Waals surface area contributed by atoms with Crippen molar-refractivity contribution in [3.05, 3.63) is 59.2 Å². The van der Waals surface area contributed by atoms with Crippen LogP contribution in [-0.2, 0) is 6.54 Å². The molecule has 0 bridgehead atoms. The van der Waals surface area contributed by atoms with Crippen molar-refractivity contribution in [2.75, 3.05) is 12.4 Å². The second-order valence-electron chi connectivity index (χ2n) is 4.58. The molecule has 0 saturated heterocycles. The molecule has 1 N–H and O–H groups in total. The predicted octanol–water partition coefficient (Wildman–Crippen LogP) is 4.55. The molecule has 2 rings (SSSR count). The number of aryl methyl sites for hydroxylation is 1. The molecule has 2 nitrogen and oxygen atoms in total. The van der Waals surface area contributed by atoms with E-state index in [9.17, 15) is 8.78 Å². The maximum atomic E-state index is 12.4. The molecular formula is C16H17F2NO. The van der Waals surface area contributed by atoms with Crippen LogP contribution >= 0.6 is 0 Å². The molecule has 106 valence electrons. The maximum Gasteiger partial charge on any atom is 0.263 e. The van der Waals surface area contributed by atoms with Crippen LogP contribution in [0.1, 0.15) is 23.1 Å². The third-order valence-electron chi connectivity index (χ3n) is 3.12. The van der Waals surface area contributed by atoms with Crippen LogP contribution in [0.3, 0.4) is 0 Å². The molecule has 0 aromatic heterocycles. The van der Waals surface area contributed by atoms with E-state index in [1.807, 2.05) is 25.1 Å². The third-order valence-corrected chi connectivity index (χ3v) is 3.12. The van der Waals surface area contributed by atoms with Crippen LogP contribution in [0, 0.1) is 6.92 Å². The van der Waals surface area contributed by atoms with Gasteiger partial charge in [0.15, 0.2) is 0 Å². The molecule has 0 heterocycles. The monoisotopic (exact) mass is 277 g/mol. The number of hydrogen-bond donors (Lipinski definition) is 1. The number of nitrogens with one attached hydrogen (secondary N) is 1. The van der Waals surface area contributed by atoms with Crippen LogP contribution in [0.4, 0.5) is 14.5 Å². The molecule has 0 aliphatic heterocycles. The van der Waals surface area contributed by atoms with Crippen molar-refractivity contribution in [1.82, 2.24) is 0 Å². The van der Waals surface area contributed by atoms with Gasteiger partial charge in [-0.2, -0.15) is 0 Å². The Morgan fingerprint density at radius 2 is 1.80 bits per heavy atom. The number of alkyl halides is 2. The predicted molar refractivity (Wildman–Crippen MR) is 76.5 cm³/mol. The van der Waals surface area contributed by atoms with Crippen LogP contribution in [0.5, 0.6) is 5.75 Å². The van der Waals surface area contributed by atoms with E-state index in [0.717, 1.165) is 22.6 Å². The van der Waals surface area contributed by atoms with E-state index < -0.39 is 6.43 Å². The summed E-state index contributed by atoms with van der Waals surface area (Å²) < 4.78 is 30.1. The molecular weight excluding hydrogens is 260 g/mol. The van der Waals surface area contributed by atoms with E-state index in [0.29, 0.717) is 6.54 Å². The first kappa shape index (κ1) is 14.3. The number of ether oxygens (including phenoxy) is 1. The highest BCUT2D eigenvalue weighted by Crippen LogP contribution is 2.22. The highest BCUT2D eigenvalue weighted by molar-refractivity contribution is 5.51. The lowest BCUT2D eigenvalue weighted by Crippen LogP contribution is -2.00. The zero-order chi connectivity index (χ0) is 14.5. The number of rotatable bonds is 5. The second kappa shape index (κ2) is 6.37. The van der Waals surface area contributed by atoms with Gasteiger partial charge in [0.05, 0.1) is 7.11 Å².